The summed E-state index contributed by atoms with van der Waals surface area (Å²) in [5.74, 6) is 0.864. The fourth-order valence-corrected chi connectivity index (χ4v) is 3.99. The number of aryl methyl sites for hydroxylation is 2. The first-order valence-corrected chi connectivity index (χ1v) is 9.91. The van der Waals surface area contributed by atoms with Gasteiger partial charge in [0, 0.05) is 4.88 Å². The molecule has 0 aliphatic carbocycles. The minimum atomic E-state index is -0.332. The van der Waals surface area contributed by atoms with E-state index in [0.29, 0.717) is 27.4 Å². The van der Waals surface area contributed by atoms with Gasteiger partial charge in [0.25, 0.3) is 5.56 Å². The van der Waals surface area contributed by atoms with Crippen LogP contribution in [0.1, 0.15) is 10.4 Å². The van der Waals surface area contributed by atoms with Crippen molar-refractivity contribution in [2.45, 2.75) is 20.4 Å². The van der Waals surface area contributed by atoms with Crippen molar-refractivity contribution in [1.29, 1.82) is 0 Å². The van der Waals surface area contributed by atoms with Crippen LogP contribution in [0.4, 0.5) is 5.69 Å². The first-order valence-electron chi connectivity index (χ1n) is 9.10. The zero-order valence-electron chi connectivity index (χ0n) is 16.0. The monoisotopic (exact) mass is 405 g/mol. The maximum atomic E-state index is 12.8. The molecular weight excluding hydrogens is 386 g/mol. The number of ether oxygens (including phenoxy) is 1. The van der Waals surface area contributed by atoms with Crippen LogP contribution >= 0.6 is 11.3 Å². The number of anilines is 1. The Labute approximate surface area is 171 Å². The van der Waals surface area contributed by atoms with E-state index in [1.807, 2.05) is 56.3 Å². The van der Waals surface area contributed by atoms with Gasteiger partial charge >= 0.3 is 0 Å². The number of amides is 1. The van der Waals surface area contributed by atoms with Gasteiger partial charge in [0.1, 0.15) is 17.1 Å². The van der Waals surface area contributed by atoms with E-state index in [1.165, 1.54) is 22.2 Å². The molecule has 0 radical (unpaired) electrons. The van der Waals surface area contributed by atoms with Gasteiger partial charge in [-0.1, -0.05) is 30.3 Å². The maximum Gasteiger partial charge on any atom is 0.262 e. The van der Waals surface area contributed by atoms with E-state index in [2.05, 4.69) is 10.3 Å². The number of hydrogen-bond donors (Lipinski definition) is 1. The molecule has 0 saturated carbocycles. The Bertz CT molecular complexity index is 1250. The summed E-state index contributed by atoms with van der Waals surface area (Å²) in [5, 5.41) is 3.40. The number of nitrogens with one attached hydrogen (secondary N) is 1. The Morgan fingerprint density at radius 1 is 1.10 bits per heavy atom. The number of thiophene rings is 1. The average Bonchev–Trinajstić information content (AvgIpc) is 3.01. The Kier molecular flexibility index (Phi) is 5.14. The SMILES string of the molecule is Cc1sc2ncn(CC(=O)Nc3ccccc3Oc3ccccc3)c(=O)c2c1C. The molecule has 0 unspecified atom stereocenters. The van der Waals surface area contributed by atoms with Gasteiger partial charge in [-0.15, -0.1) is 11.3 Å². The standard InChI is InChI=1S/C22H19N3O3S/c1-14-15(2)29-21-20(14)22(27)25(13-23-21)12-19(26)24-17-10-6-7-11-18(17)28-16-8-4-3-5-9-16/h3-11,13H,12H2,1-2H3,(H,24,26). The molecule has 146 valence electrons. The molecule has 2 heterocycles. The third-order valence-corrected chi connectivity index (χ3v) is 5.72. The molecule has 0 aliphatic heterocycles. The highest BCUT2D eigenvalue weighted by molar-refractivity contribution is 7.18. The number of hydrogen-bond acceptors (Lipinski definition) is 5. The third kappa shape index (κ3) is 3.90. The zero-order chi connectivity index (χ0) is 20.4. The number of carbonyl (C=O) groups excluding carboxylic acids is 1. The molecule has 6 nitrogen and oxygen atoms in total. The van der Waals surface area contributed by atoms with Crippen molar-refractivity contribution in [3.05, 3.63) is 81.7 Å². The Morgan fingerprint density at radius 2 is 1.83 bits per heavy atom. The number of carbonyl (C=O) groups is 1. The van der Waals surface area contributed by atoms with Crippen molar-refractivity contribution in [2.75, 3.05) is 5.32 Å². The number of para-hydroxylation sites is 3. The summed E-state index contributed by atoms with van der Waals surface area (Å²) in [6, 6.07) is 16.5. The Hall–Kier alpha value is -3.45. The molecule has 2 aromatic carbocycles. The topological polar surface area (TPSA) is 73.2 Å². The molecule has 0 saturated heterocycles. The molecule has 1 amide bonds. The summed E-state index contributed by atoms with van der Waals surface area (Å²) in [5.41, 5.74) is 1.24. The summed E-state index contributed by atoms with van der Waals surface area (Å²) >= 11 is 1.48. The maximum absolute atomic E-state index is 12.8. The lowest BCUT2D eigenvalue weighted by molar-refractivity contribution is -0.116. The lowest BCUT2D eigenvalue weighted by atomic mass is 10.2. The van der Waals surface area contributed by atoms with E-state index >= 15 is 0 Å². The van der Waals surface area contributed by atoms with Crippen LogP contribution in [0, 0.1) is 13.8 Å². The van der Waals surface area contributed by atoms with Gasteiger partial charge in [-0.3, -0.25) is 14.2 Å². The van der Waals surface area contributed by atoms with Gasteiger partial charge in [-0.05, 0) is 43.7 Å². The summed E-state index contributed by atoms with van der Waals surface area (Å²) in [6.07, 6.45) is 1.42. The van der Waals surface area contributed by atoms with Crippen molar-refractivity contribution in [3.8, 4) is 11.5 Å². The second-order valence-corrected chi connectivity index (χ2v) is 7.80. The number of fused-ring (bicyclic) bond motifs is 1. The Balaban J connectivity index is 1.55. The zero-order valence-corrected chi connectivity index (χ0v) is 16.8. The summed E-state index contributed by atoms with van der Waals surface area (Å²) < 4.78 is 7.20. The Morgan fingerprint density at radius 3 is 2.62 bits per heavy atom. The minimum Gasteiger partial charge on any atom is -0.455 e. The van der Waals surface area contributed by atoms with Crippen molar-refractivity contribution < 1.29 is 9.53 Å². The molecule has 2 aromatic heterocycles. The predicted octanol–water partition coefficient (Wildman–Crippen LogP) is 4.51. The van der Waals surface area contributed by atoms with Crippen LogP contribution in [0.25, 0.3) is 10.2 Å². The second kappa shape index (κ2) is 7.89. The third-order valence-electron chi connectivity index (χ3n) is 4.60. The second-order valence-electron chi connectivity index (χ2n) is 6.60. The van der Waals surface area contributed by atoms with Gasteiger partial charge in [0.05, 0.1) is 17.4 Å². The molecule has 0 bridgehead atoms. The molecule has 0 fully saturated rings. The van der Waals surface area contributed by atoms with Gasteiger partial charge in [0.2, 0.25) is 5.91 Å². The van der Waals surface area contributed by atoms with Crippen molar-refractivity contribution in [3.63, 3.8) is 0 Å². The van der Waals surface area contributed by atoms with E-state index < -0.39 is 0 Å². The van der Waals surface area contributed by atoms with Crippen LogP contribution in [-0.2, 0) is 11.3 Å². The quantitative estimate of drug-likeness (QED) is 0.530. The highest BCUT2D eigenvalue weighted by Gasteiger charge is 2.15. The van der Waals surface area contributed by atoms with Gasteiger partial charge < -0.3 is 10.1 Å². The van der Waals surface area contributed by atoms with E-state index in [9.17, 15) is 9.59 Å². The number of aromatic nitrogens is 2. The first-order chi connectivity index (χ1) is 14.0. The van der Waals surface area contributed by atoms with Crippen LogP contribution in [0.3, 0.4) is 0 Å². The summed E-state index contributed by atoms with van der Waals surface area (Å²) in [6.45, 7) is 3.73. The highest BCUT2D eigenvalue weighted by Crippen LogP contribution is 2.29. The molecule has 4 rings (SSSR count). The van der Waals surface area contributed by atoms with Crippen LogP contribution in [-0.4, -0.2) is 15.5 Å². The van der Waals surface area contributed by atoms with E-state index in [-0.39, 0.29) is 18.0 Å². The van der Waals surface area contributed by atoms with Gasteiger partial charge in [0.15, 0.2) is 5.75 Å². The van der Waals surface area contributed by atoms with Crippen LogP contribution in [0.5, 0.6) is 11.5 Å². The largest absolute Gasteiger partial charge is 0.455 e. The van der Waals surface area contributed by atoms with Crippen LogP contribution < -0.4 is 15.6 Å². The van der Waals surface area contributed by atoms with Gasteiger partial charge in [-0.2, -0.15) is 0 Å². The lowest BCUT2D eigenvalue weighted by Crippen LogP contribution is -2.28. The van der Waals surface area contributed by atoms with Crippen LogP contribution in [0.2, 0.25) is 0 Å². The number of nitrogens with zero attached hydrogens (tertiary/aromatic N) is 2. The molecule has 1 N–H and O–H groups in total. The molecule has 0 atom stereocenters. The molecular formula is C22H19N3O3S. The summed E-state index contributed by atoms with van der Waals surface area (Å²) in [7, 11) is 0. The molecule has 29 heavy (non-hydrogen) atoms. The number of benzene rings is 2. The lowest BCUT2D eigenvalue weighted by Gasteiger charge is -2.12. The van der Waals surface area contributed by atoms with Crippen molar-refractivity contribution in [2.24, 2.45) is 0 Å². The number of rotatable bonds is 5. The fraction of sp³-hybridized carbons (Fsp3) is 0.136. The van der Waals surface area contributed by atoms with Crippen molar-refractivity contribution in [1.82, 2.24) is 9.55 Å². The first kappa shape index (κ1) is 18.9. The normalized spacial score (nSPS) is 10.8. The minimum absolute atomic E-state index is 0.129. The van der Waals surface area contributed by atoms with E-state index in [0.717, 1.165) is 10.4 Å². The van der Waals surface area contributed by atoms with E-state index in [1.54, 1.807) is 12.1 Å². The molecule has 4 aromatic rings. The predicted molar refractivity (Wildman–Crippen MR) is 115 cm³/mol. The average molecular weight is 405 g/mol. The molecule has 0 aliphatic rings. The highest BCUT2D eigenvalue weighted by atomic mass is 32.1. The van der Waals surface area contributed by atoms with E-state index in [4.69, 9.17) is 4.74 Å². The molecule has 7 heteroatoms. The van der Waals surface area contributed by atoms with Gasteiger partial charge in [-0.25, -0.2) is 4.98 Å². The van der Waals surface area contributed by atoms with Crippen LogP contribution in [0.15, 0.2) is 65.7 Å². The summed E-state index contributed by atoms with van der Waals surface area (Å²) in [4.78, 5) is 31.5. The molecule has 0 spiro atoms. The van der Waals surface area contributed by atoms with Crippen molar-refractivity contribution >= 4 is 33.1 Å². The smallest absolute Gasteiger partial charge is 0.262 e. The fourth-order valence-electron chi connectivity index (χ4n) is 3.00.